The largest absolute Gasteiger partial charge is 0.394 e. The third-order valence-electron chi connectivity index (χ3n) is 1.64. The smallest absolute Gasteiger partial charge is 0.284 e. The molecule has 7 nitrogen and oxygen atoms in total. The first-order valence-electron chi connectivity index (χ1n) is 4.31. The quantitative estimate of drug-likeness (QED) is 0.596. The molecule has 0 bridgehead atoms. The Bertz CT molecular complexity index is 445. The number of hydrogen-bond donors (Lipinski definition) is 2. The van der Waals surface area contributed by atoms with Gasteiger partial charge in [-0.1, -0.05) is 0 Å². The third kappa shape index (κ3) is 2.84. The number of carbonyl (C=O) groups excluding carboxylic acids is 1. The average Bonchev–Trinajstić information content (AvgIpc) is 2.22. The molecular weight excluding hydrogens is 221 g/mol. The van der Waals surface area contributed by atoms with Crippen LogP contribution < -0.4 is 11.3 Å². The Balaban J connectivity index is 3.00. The van der Waals surface area contributed by atoms with Gasteiger partial charge in [-0.2, -0.15) is 4.39 Å². The highest BCUT2D eigenvalue weighted by Crippen LogP contribution is 1.93. The number of halogens is 1. The lowest BCUT2D eigenvalue weighted by Crippen LogP contribution is -2.32. The Morgan fingerprint density at radius 3 is 2.94 bits per heavy atom. The minimum atomic E-state index is -1.11. The fraction of sp³-hybridized carbons (Fsp3) is 0.375. The van der Waals surface area contributed by atoms with Crippen LogP contribution in [0.2, 0.25) is 0 Å². The predicted octanol–water partition coefficient (Wildman–Crippen LogP) is -1.55. The molecule has 0 saturated heterocycles. The van der Waals surface area contributed by atoms with E-state index in [9.17, 15) is 14.0 Å². The Hall–Kier alpha value is -1.80. The maximum Gasteiger partial charge on any atom is 0.284 e. The molecule has 88 valence electrons. The van der Waals surface area contributed by atoms with Crippen molar-refractivity contribution in [1.82, 2.24) is 9.55 Å². The van der Waals surface area contributed by atoms with Gasteiger partial charge in [0.2, 0.25) is 5.95 Å². The first-order chi connectivity index (χ1) is 7.56. The van der Waals surface area contributed by atoms with Gasteiger partial charge in [0.15, 0.2) is 5.69 Å². The Morgan fingerprint density at radius 1 is 1.69 bits per heavy atom. The molecule has 0 aliphatic rings. The van der Waals surface area contributed by atoms with Crippen LogP contribution in [0.15, 0.2) is 11.0 Å². The molecule has 8 heteroatoms. The van der Waals surface area contributed by atoms with Crippen molar-refractivity contribution in [3.05, 3.63) is 28.2 Å². The molecule has 0 saturated carbocycles. The fourth-order valence-corrected chi connectivity index (χ4v) is 0.991. The zero-order valence-electron chi connectivity index (χ0n) is 8.22. The normalized spacial score (nSPS) is 10.4. The van der Waals surface area contributed by atoms with Crippen LogP contribution >= 0.6 is 0 Å². The Morgan fingerprint density at radius 2 is 2.38 bits per heavy atom. The van der Waals surface area contributed by atoms with Gasteiger partial charge in [-0.25, -0.2) is 4.98 Å². The average molecular weight is 231 g/mol. The van der Waals surface area contributed by atoms with E-state index in [0.29, 0.717) is 0 Å². The number of aliphatic hydroxyl groups is 1. The number of aliphatic hydroxyl groups excluding tert-OH is 1. The highest BCUT2D eigenvalue weighted by Gasteiger charge is 2.13. The van der Waals surface area contributed by atoms with Crippen molar-refractivity contribution in [1.29, 1.82) is 0 Å². The summed E-state index contributed by atoms with van der Waals surface area (Å²) < 4.78 is 18.5. The number of rotatable bonds is 5. The molecule has 16 heavy (non-hydrogen) atoms. The summed E-state index contributed by atoms with van der Waals surface area (Å²) in [6.07, 6.45) is 0.784. The highest BCUT2D eigenvalue weighted by atomic mass is 19.1. The van der Waals surface area contributed by atoms with Crippen LogP contribution in [-0.2, 0) is 11.5 Å². The summed E-state index contributed by atoms with van der Waals surface area (Å²) in [5.74, 6) is -2.12. The van der Waals surface area contributed by atoms with Gasteiger partial charge in [0, 0.05) is 0 Å². The summed E-state index contributed by atoms with van der Waals surface area (Å²) in [6, 6.07) is 0. The van der Waals surface area contributed by atoms with Crippen LogP contribution in [0.25, 0.3) is 0 Å². The molecule has 0 atom stereocenters. The first kappa shape index (κ1) is 12.3. The number of primary amides is 1. The number of hydrogen-bond acceptors (Lipinski definition) is 5. The monoisotopic (exact) mass is 231 g/mol. The third-order valence-corrected chi connectivity index (χ3v) is 1.64. The van der Waals surface area contributed by atoms with Gasteiger partial charge < -0.3 is 15.6 Å². The lowest BCUT2D eigenvalue weighted by molar-refractivity contribution is 0.0454. The Labute approximate surface area is 89.3 Å². The van der Waals surface area contributed by atoms with Crippen molar-refractivity contribution >= 4 is 5.91 Å². The van der Waals surface area contributed by atoms with Crippen LogP contribution in [0.3, 0.4) is 0 Å². The molecule has 1 aromatic rings. The van der Waals surface area contributed by atoms with Gasteiger partial charge in [0.25, 0.3) is 11.5 Å². The van der Waals surface area contributed by atoms with Crippen molar-refractivity contribution in [3.63, 3.8) is 0 Å². The summed E-state index contributed by atoms with van der Waals surface area (Å²) in [5, 5.41) is 8.44. The van der Waals surface area contributed by atoms with Crippen molar-refractivity contribution < 1.29 is 19.0 Å². The van der Waals surface area contributed by atoms with Crippen LogP contribution in [0.5, 0.6) is 0 Å². The number of ether oxygens (including phenoxy) is 1. The second-order valence-electron chi connectivity index (χ2n) is 2.81. The first-order valence-corrected chi connectivity index (χ1v) is 4.31. The summed E-state index contributed by atoms with van der Waals surface area (Å²) in [6.45, 7) is -0.535. The zero-order valence-corrected chi connectivity index (χ0v) is 8.22. The van der Waals surface area contributed by atoms with Gasteiger partial charge in [0.05, 0.1) is 19.4 Å². The molecule has 0 radical (unpaired) electrons. The second kappa shape index (κ2) is 5.33. The van der Waals surface area contributed by atoms with Gasteiger partial charge >= 0.3 is 0 Å². The summed E-state index contributed by atoms with van der Waals surface area (Å²) in [7, 11) is 0. The van der Waals surface area contributed by atoms with Gasteiger partial charge in [0.1, 0.15) is 6.73 Å². The van der Waals surface area contributed by atoms with Gasteiger partial charge in [-0.05, 0) is 0 Å². The van der Waals surface area contributed by atoms with E-state index in [1.165, 1.54) is 0 Å². The zero-order chi connectivity index (χ0) is 12.1. The number of nitrogens with two attached hydrogens (primary N) is 1. The van der Waals surface area contributed by atoms with E-state index in [1.807, 2.05) is 0 Å². The van der Waals surface area contributed by atoms with Crippen molar-refractivity contribution in [2.24, 2.45) is 5.73 Å². The van der Waals surface area contributed by atoms with E-state index >= 15 is 0 Å². The van der Waals surface area contributed by atoms with Crippen LogP contribution in [-0.4, -0.2) is 33.8 Å². The molecule has 0 unspecified atom stereocenters. The number of amides is 1. The van der Waals surface area contributed by atoms with E-state index < -0.39 is 23.1 Å². The van der Waals surface area contributed by atoms with Crippen molar-refractivity contribution in [2.75, 3.05) is 13.2 Å². The van der Waals surface area contributed by atoms with Crippen LogP contribution in [0.4, 0.5) is 4.39 Å². The standard InChI is InChI=1S/C8H10FN3O4/c9-5-3-12(4-16-2-1-13)8(15)6(11-5)7(10)14/h3,13H,1-2,4H2,(H2,10,14). The van der Waals surface area contributed by atoms with E-state index in [-0.39, 0.29) is 19.9 Å². The van der Waals surface area contributed by atoms with Crippen LogP contribution in [0.1, 0.15) is 10.5 Å². The van der Waals surface area contributed by atoms with Crippen LogP contribution in [0, 0.1) is 5.95 Å². The van der Waals surface area contributed by atoms with Crippen molar-refractivity contribution in [2.45, 2.75) is 6.73 Å². The number of nitrogens with zero attached hydrogens (tertiary/aromatic N) is 2. The molecule has 0 fully saturated rings. The number of carbonyl (C=O) groups is 1. The van der Waals surface area contributed by atoms with E-state index in [0.717, 1.165) is 10.8 Å². The molecule has 0 spiro atoms. The molecule has 0 aliphatic carbocycles. The molecule has 1 aromatic heterocycles. The topological polar surface area (TPSA) is 107 Å². The maximum atomic E-state index is 12.9. The van der Waals surface area contributed by atoms with Gasteiger partial charge in [-0.3, -0.25) is 14.2 Å². The molecule has 0 aliphatic heterocycles. The SMILES string of the molecule is NC(=O)c1nc(F)cn(COCCO)c1=O. The summed E-state index contributed by atoms with van der Waals surface area (Å²) in [4.78, 5) is 25.3. The molecular formula is C8H10FN3O4. The predicted molar refractivity (Wildman–Crippen MR) is 50.0 cm³/mol. The molecule has 3 N–H and O–H groups in total. The highest BCUT2D eigenvalue weighted by molar-refractivity contribution is 5.90. The minimum absolute atomic E-state index is 0.0116. The maximum absolute atomic E-state index is 12.9. The second-order valence-corrected chi connectivity index (χ2v) is 2.81. The molecule has 1 heterocycles. The molecule has 1 rings (SSSR count). The lowest BCUT2D eigenvalue weighted by Gasteiger charge is -2.06. The molecule has 1 amide bonds. The van der Waals surface area contributed by atoms with E-state index in [1.54, 1.807) is 0 Å². The lowest BCUT2D eigenvalue weighted by atomic mass is 10.4. The fourth-order valence-electron chi connectivity index (χ4n) is 0.991. The van der Waals surface area contributed by atoms with Gasteiger partial charge in [-0.15, -0.1) is 0 Å². The summed E-state index contributed by atoms with van der Waals surface area (Å²) in [5.41, 5.74) is 3.32. The van der Waals surface area contributed by atoms with E-state index in [4.69, 9.17) is 15.6 Å². The minimum Gasteiger partial charge on any atom is -0.394 e. The van der Waals surface area contributed by atoms with E-state index in [2.05, 4.69) is 4.98 Å². The van der Waals surface area contributed by atoms with Crippen molar-refractivity contribution in [3.8, 4) is 0 Å². The molecule has 0 aromatic carbocycles. The Kier molecular flexibility index (Phi) is 4.09. The summed E-state index contributed by atoms with van der Waals surface area (Å²) >= 11 is 0. The number of aromatic nitrogens is 2.